The van der Waals surface area contributed by atoms with E-state index in [-0.39, 0.29) is 29.3 Å². The van der Waals surface area contributed by atoms with Gasteiger partial charge in [0.05, 0.1) is 28.3 Å². The van der Waals surface area contributed by atoms with E-state index in [0.717, 1.165) is 9.54 Å². The van der Waals surface area contributed by atoms with Crippen LogP contribution < -0.4 is 0 Å². The van der Waals surface area contributed by atoms with E-state index in [1.165, 1.54) is 12.4 Å². The standard InChI is InChI=1S/C19H16F2N4O2S/c1-12-2-4-15(5-3-12)28(26,27)24-7-6-16-18(24)23-11-14-10-22-17(25(14)16)13-8-19(20,21)9-13/h2-7,10-11,13H,8-9H2,1H3. The number of rotatable bonds is 3. The second-order valence-corrected chi connectivity index (χ2v) is 9.05. The minimum Gasteiger partial charge on any atom is -0.291 e. The van der Waals surface area contributed by atoms with E-state index in [0.29, 0.717) is 16.9 Å². The van der Waals surface area contributed by atoms with E-state index in [1.54, 1.807) is 40.9 Å². The van der Waals surface area contributed by atoms with Gasteiger partial charge < -0.3 is 0 Å². The molecule has 1 aliphatic carbocycles. The van der Waals surface area contributed by atoms with Gasteiger partial charge in [0.2, 0.25) is 5.92 Å². The number of imidazole rings is 1. The van der Waals surface area contributed by atoms with Crippen molar-refractivity contribution in [3.05, 3.63) is 60.3 Å². The number of aromatic nitrogens is 4. The van der Waals surface area contributed by atoms with Crippen molar-refractivity contribution in [3.63, 3.8) is 0 Å². The highest BCUT2D eigenvalue weighted by molar-refractivity contribution is 7.90. The Kier molecular flexibility index (Phi) is 3.46. The summed E-state index contributed by atoms with van der Waals surface area (Å²) in [7, 11) is -3.83. The van der Waals surface area contributed by atoms with Crippen molar-refractivity contribution in [2.45, 2.75) is 36.5 Å². The number of alkyl halides is 2. The maximum absolute atomic E-state index is 13.3. The molecule has 1 aromatic carbocycles. The zero-order valence-electron chi connectivity index (χ0n) is 14.9. The van der Waals surface area contributed by atoms with Crippen LogP contribution in [0.25, 0.3) is 16.7 Å². The summed E-state index contributed by atoms with van der Waals surface area (Å²) >= 11 is 0. The third kappa shape index (κ3) is 2.46. The minimum absolute atomic E-state index is 0.155. The van der Waals surface area contributed by atoms with Crippen LogP contribution in [0.15, 0.2) is 53.8 Å². The lowest BCUT2D eigenvalue weighted by atomic mass is 9.81. The van der Waals surface area contributed by atoms with Gasteiger partial charge in [-0.1, -0.05) is 17.7 Å². The highest BCUT2D eigenvalue weighted by Crippen LogP contribution is 2.48. The van der Waals surface area contributed by atoms with E-state index in [4.69, 9.17) is 0 Å². The molecule has 0 radical (unpaired) electrons. The Morgan fingerprint density at radius 1 is 1.07 bits per heavy atom. The van der Waals surface area contributed by atoms with Crippen molar-refractivity contribution >= 4 is 26.7 Å². The van der Waals surface area contributed by atoms with Crippen LogP contribution in [0.3, 0.4) is 0 Å². The van der Waals surface area contributed by atoms with E-state index in [2.05, 4.69) is 9.97 Å². The molecule has 9 heteroatoms. The van der Waals surface area contributed by atoms with Gasteiger partial charge in [0.25, 0.3) is 10.0 Å². The first-order valence-electron chi connectivity index (χ1n) is 8.80. The smallest absolute Gasteiger partial charge is 0.269 e. The van der Waals surface area contributed by atoms with Crippen LogP contribution in [0, 0.1) is 6.92 Å². The molecular formula is C19H16F2N4O2S. The predicted octanol–water partition coefficient (Wildman–Crippen LogP) is 3.74. The highest BCUT2D eigenvalue weighted by Gasteiger charge is 2.47. The number of hydrogen-bond acceptors (Lipinski definition) is 4. The molecule has 28 heavy (non-hydrogen) atoms. The number of benzene rings is 1. The molecule has 6 nitrogen and oxygen atoms in total. The summed E-state index contributed by atoms with van der Waals surface area (Å²) < 4.78 is 55.6. The molecule has 3 heterocycles. The van der Waals surface area contributed by atoms with Crippen LogP contribution in [-0.4, -0.2) is 32.7 Å². The molecule has 3 aromatic heterocycles. The van der Waals surface area contributed by atoms with Crippen LogP contribution in [0.1, 0.15) is 30.1 Å². The van der Waals surface area contributed by atoms with Crippen molar-refractivity contribution in [2.75, 3.05) is 0 Å². The first-order valence-corrected chi connectivity index (χ1v) is 10.2. The van der Waals surface area contributed by atoms with Gasteiger partial charge in [0.15, 0.2) is 5.65 Å². The maximum Gasteiger partial charge on any atom is 0.269 e. The predicted molar refractivity (Wildman–Crippen MR) is 99.2 cm³/mol. The van der Waals surface area contributed by atoms with Crippen molar-refractivity contribution in [1.29, 1.82) is 0 Å². The zero-order valence-corrected chi connectivity index (χ0v) is 15.7. The van der Waals surface area contributed by atoms with Gasteiger partial charge in [0.1, 0.15) is 5.82 Å². The Bertz CT molecular complexity index is 1320. The molecule has 0 amide bonds. The van der Waals surface area contributed by atoms with Crippen LogP contribution in [-0.2, 0) is 10.0 Å². The Balaban J connectivity index is 1.68. The molecule has 0 aliphatic heterocycles. The largest absolute Gasteiger partial charge is 0.291 e. The Labute approximate surface area is 159 Å². The lowest BCUT2D eigenvalue weighted by molar-refractivity contribution is -0.0885. The third-order valence-corrected chi connectivity index (χ3v) is 6.90. The van der Waals surface area contributed by atoms with E-state index < -0.39 is 15.9 Å². The molecule has 4 aromatic rings. The fourth-order valence-corrected chi connectivity index (χ4v) is 5.00. The van der Waals surface area contributed by atoms with Gasteiger partial charge in [-0.25, -0.2) is 31.1 Å². The average molecular weight is 402 g/mol. The molecular weight excluding hydrogens is 386 g/mol. The average Bonchev–Trinajstić information content (AvgIpc) is 3.23. The number of nitrogens with zero attached hydrogens (tertiary/aromatic N) is 4. The fourth-order valence-electron chi connectivity index (χ4n) is 3.70. The molecule has 0 N–H and O–H groups in total. The van der Waals surface area contributed by atoms with Gasteiger partial charge in [0, 0.05) is 25.0 Å². The number of hydrogen-bond donors (Lipinski definition) is 0. The molecule has 0 unspecified atom stereocenters. The second kappa shape index (κ2) is 5.60. The van der Waals surface area contributed by atoms with E-state index in [9.17, 15) is 17.2 Å². The normalized spacial score (nSPS) is 17.2. The molecule has 0 spiro atoms. The van der Waals surface area contributed by atoms with Crippen LogP contribution >= 0.6 is 0 Å². The number of aryl methyl sites for hydroxylation is 1. The van der Waals surface area contributed by atoms with Gasteiger partial charge in [-0.05, 0) is 25.1 Å². The van der Waals surface area contributed by atoms with Crippen molar-refractivity contribution in [1.82, 2.24) is 18.3 Å². The molecule has 144 valence electrons. The summed E-state index contributed by atoms with van der Waals surface area (Å²) in [4.78, 5) is 8.76. The first kappa shape index (κ1) is 17.3. The van der Waals surface area contributed by atoms with Crippen molar-refractivity contribution in [3.8, 4) is 0 Å². The molecule has 0 atom stereocenters. The van der Waals surface area contributed by atoms with E-state index in [1.807, 2.05) is 6.92 Å². The lowest BCUT2D eigenvalue weighted by Gasteiger charge is -2.33. The zero-order chi connectivity index (χ0) is 19.7. The van der Waals surface area contributed by atoms with Crippen molar-refractivity contribution in [2.24, 2.45) is 0 Å². The van der Waals surface area contributed by atoms with Gasteiger partial charge in [-0.3, -0.25) is 4.40 Å². The number of halogens is 2. The molecule has 5 rings (SSSR count). The Hall–Kier alpha value is -2.81. The Morgan fingerprint density at radius 2 is 1.75 bits per heavy atom. The number of fused-ring (bicyclic) bond motifs is 3. The second-order valence-electron chi connectivity index (χ2n) is 7.23. The van der Waals surface area contributed by atoms with E-state index >= 15 is 0 Å². The topological polar surface area (TPSA) is 69.3 Å². The molecule has 0 bridgehead atoms. The molecule has 0 saturated heterocycles. The van der Waals surface area contributed by atoms with Crippen LogP contribution in [0.5, 0.6) is 0 Å². The maximum atomic E-state index is 13.3. The Morgan fingerprint density at radius 3 is 2.43 bits per heavy atom. The molecule has 1 saturated carbocycles. The van der Waals surface area contributed by atoms with Crippen LogP contribution in [0.2, 0.25) is 0 Å². The summed E-state index contributed by atoms with van der Waals surface area (Å²) in [5, 5.41) is 0. The summed E-state index contributed by atoms with van der Waals surface area (Å²) in [6.07, 6.45) is 4.02. The summed E-state index contributed by atoms with van der Waals surface area (Å²) in [6, 6.07) is 8.19. The van der Waals surface area contributed by atoms with Gasteiger partial charge in [-0.2, -0.15) is 0 Å². The van der Waals surface area contributed by atoms with Gasteiger partial charge >= 0.3 is 0 Å². The third-order valence-electron chi connectivity index (χ3n) is 5.22. The molecule has 1 aliphatic rings. The lowest BCUT2D eigenvalue weighted by Crippen LogP contribution is -2.34. The SMILES string of the molecule is Cc1ccc(S(=O)(=O)n2ccc3c2ncc2cnc(C4CC(F)(F)C4)n23)cc1. The van der Waals surface area contributed by atoms with Gasteiger partial charge in [-0.15, -0.1) is 0 Å². The summed E-state index contributed by atoms with van der Waals surface area (Å²) in [6.45, 7) is 1.88. The van der Waals surface area contributed by atoms with Crippen LogP contribution in [0.4, 0.5) is 8.78 Å². The quantitative estimate of drug-likeness (QED) is 0.523. The van der Waals surface area contributed by atoms with Crippen molar-refractivity contribution < 1.29 is 17.2 Å². The summed E-state index contributed by atoms with van der Waals surface area (Å²) in [5.41, 5.74) is 2.36. The molecule has 1 fully saturated rings. The fraction of sp³-hybridized carbons (Fsp3) is 0.263. The monoisotopic (exact) mass is 402 g/mol. The minimum atomic E-state index is -3.83. The highest BCUT2D eigenvalue weighted by atomic mass is 32.2. The summed E-state index contributed by atoms with van der Waals surface area (Å²) in [5.74, 6) is -2.51. The first-order chi connectivity index (χ1) is 13.3.